The molecule has 0 bridgehead atoms. The Kier molecular flexibility index (Phi) is 4.47. The van der Waals surface area contributed by atoms with Gasteiger partial charge in [0, 0.05) is 34.0 Å². The number of rotatable bonds is 5. The van der Waals surface area contributed by atoms with Crippen LogP contribution < -0.4 is 10.2 Å². The predicted molar refractivity (Wildman–Crippen MR) is 83.8 cm³/mol. The average molecular weight is 279 g/mol. The van der Waals surface area contributed by atoms with Crippen LogP contribution in [0.2, 0.25) is 25.7 Å². The molecular weight excluding hydrogens is 254 g/mol. The van der Waals surface area contributed by atoms with Crippen molar-refractivity contribution in [2.45, 2.75) is 32.6 Å². The molecule has 1 aromatic rings. The molecule has 19 heavy (non-hydrogen) atoms. The molecule has 0 aliphatic carbocycles. The Hall–Kier alpha value is -1.07. The van der Waals surface area contributed by atoms with Crippen molar-refractivity contribution in [3.63, 3.8) is 0 Å². The van der Waals surface area contributed by atoms with E-state index in [1.54, 1.807) is 0 Å². The zero-order chi connectivity index (χ0) is 13.9. The minimum Gasteiger partial charge on any atom is -0.380 e. The van der Waals surface area contributed by atoms with Crippen molar-refractivity contribution in [2.75, 3.05) is 36.6 Å². The standard InChI is InChI=1S/C14H25N3OSi/c1-12-5-6-16-14-13(12)15-7-8-17(14)11-18-9-10-19(2,3)4/h5-6,15H,7-11H2,1-4H3. The summed E-state index contributed by atoms with van der Waals surface area (Å²) in [5, 5.41) is 3.42. The second-order valence-corrected chi connectivity index (χ2v) is 12.0. The smallest absolute Gasteiger partial charge is 0.154 e. The van der Waals surface area contributed by atoms with Crippen LogP contribution in [0.1, 0.15) is 5.56 Å². The summed E-state index contributed by atoms with van der Waals surface area (Å²) in [4.78, 5) is 6.71. The van der Waals surface area contributed by atoms with E-state index in [0.29, 0.717) is 6.73 Å². The Morgan fingerprint density at radius 3 is 2.95 bits per heavy atom. The van der Waals surface area contributed by atoms with Gasteiger partial charge in [0.1, 0.15) is 6.73 Å². The number of ether oxygens (including phenoxy) is 1. The molecule has 0 amide bonds. The number of aryl methyl sites for hydroxylation is 1. The summed E-state index contributed by atoms with van der Waals surface area (Å²) in [6.07, 6.45) is 1.87. The van der Waals surface area contributed by atoms with Gasteiger partial charge in [0.05, 0.1) is 5.69 Å². The Balaban J connectivity index is 1.91. The van der Waals surface area contributed by atoms with Gasteiger partial charge in [-0.15, -0.1) is 0 Å². The van der Waals surface area contributed by atoms with Crippen molar-refractivity contribution < 1.29 is 4.74 Å². The lowest BCUT2D eigenvalue weighted by Gasteiger charge is -2.31. The first kappa shape index (κ1) is 14.3. The fraction of sp³-hybridized carbons (Fsp3) is 0.643. The van der Waals surface area contributed by atoms with E-state index in [9.17, 15) is 0 Å². The van der Waals surface area contributed by atoms with Crippen LogP contribution >= 0.6 is 0 Å². The van der Waals surface area contributed by atoms with Crippen LogP contribution in [0.4, 0.5) is 11.5 Å². The van der Waals surface area contributed by atoms with Gasteiger partial charge in [-0.05, 0) is 24.6 Å². The molecule has 5 heteroatoms. The SMILES string of the molecule is Cc1ccnc2c1NCCN2COCC[Si](C)(C)C. The van der Waals surface area contributed by atoms with E-state index in [1.807, 2.05) is 12.3 Å². The molecule has 4 nitrogen and oxygen atoms in total. The molecule has 0 spiro atoms. The number of nitrogens with zero attached hydrogens (tertiary/aromatic N) is 2. The van der Waals surface area contributed by atoms with Gasteiger partial charge in [0.15, 0.2) is 5.82 Å². The highest BCUT2D eigenvalue weighted by Gasteiger charge is 2.19. The molecule has 1 N–H and O–H groups in total. The molecule has 2 rings (SSSR count). The van der Waals surface area contributed by atoms with E-state index in [0.717, 1.165) is 31.2 Å². The van der Waals surface area contributed by atoms with Gasteiger partial charge in [-0.1, -0.05) is 19.6 Å². The second kappa shape index (κ2) is 5.92. The maximum Gasteiger partial charge on any atom is 0.154 e. The number of nitrogens with one attached hydrogen (secondary N) is 1. The van der Waals surface area contributed by atoms with E-state index in [4.69, 9.17) is 4.74 Å². The van der Waals surface area contributed by atoms with Crippen molar-refractivity contribution in [1.82, 2.24) is 4.98 Å². The number of fused-ring (bicyclic) bond motifs is 1. The van der Waals surface area contributed by atoms with Crippen molar-refractivity contribution in [2.24, 2.45) is 0 Å². The molecule has 0 aromatic carbocycles. The Morgan fingerprint density at radius 2 is 2.21 bits per heavy atom. The molecule has 0 radical (unpaired) electrons. The maximum atomic E-state index is 5.84. The van der Waals surface area contributed by atoms with E-state index < -0.39 is 8.07 Å². The second-order valence-electron chi connectivity index (χ2n) is 6.36. The van der Waals surface area contributed by atoms with Gasteiger partial charge >= 0.3 is 0 Å². The van der Waals surface area contributed by atoms with Crippen LogP contribution in [0.25, 0.3) is 0 Å². The van der Waals surface area contributed by atoms with Crippen LogP contribution in [-0.2, 0) is 4.74 Å². The van der Waals surface area contributed by atoms with Crippen molar-refractivity contribution in [1.29, 1.82) is 0 Å². The number of anilines is 2. The van der Waals surface area contributed by atoms with E-state index >= 15 is 0 Å². The van der Waals surface area contributed by atoms with Crippen molar-refractivity contribution in [3.05, 3.63) is 17.8 Å². The average Bonchev–Trinajstić information content (AvgIpc) is 2.34. The largest absolute Gasteiger partial charge is 0.380 e. The summed E-state index contributed by atoms with van der Waals surface area (Å²) >= 11 is 0. The molecule has 2 heterocycles. The number of aromatic nitrogens is 1. The van der Waals surface area contributed by atoms with E-state index in [-0.39, 0.29) is 0 Å². The molecule has 0 saturated heterocycles. The first-order chi connectivity index (χ1) is 8.97. The molecule has 0 fully saturated rings. The molecule has 1 aliphatic heterocycles. The van der Waals surface area contributed by atoms with Gasteiger partial charge in [-0.25, -0.2) is 4.98 Å². The van der Waals surface area contributed by atoms with Crippen LogP contribution in [-0.4, -0.2) is 39.5 Å². The summed E-state index contributed by atoms with van der Waals surface area (Å²) in [5.74, 6) is 1.03. The highest BCUT2D eigenvalue weighted by molar-refractivity contribution is 6.76. The third kappa shape index (κ3) is 3.94. The monoisotopic (exact) mass is 279 g/mol. The third-order valence-electron chi connectivity index (χ3n) is 3.37. The number of pyridine rings is 1. The zero-order valence-electron chi connectivity index (χ0n) is 12.5. The van der Waals surface area contributed by atoms with Gasteiger partial charge in [0.2, 0.25) is 0 Å². The summed E-state index contributed by atoms with van der Waals surface area (Å²) in [5.41, 5.74) is 2.40. The van der Waals surface area contributed by atoms with Crippen LogP contribution in [0.5, 0.6) is 0 Å². The highest BCUT2D eigenvalue weighted by Crippen LogP contribution is 2.29. The van der Waals surface area contributed by atoms with Gasteiger partial charge in [0.25, 0.3) is 0 Å². The maximum absolute atomic E-state index is 5.84. The molecular formula is C14H25N3OSi. The molecule has 0 saturated carbocycles. The van der Waals surface area contributed by atoms with Gasteiger partial charge < -0.3 is 15.0 Å². The molecule has 1 aliphatic rings. The van der Waals surface area contributed by atoms with E-state index in [1.165, 1.54) is 11.6 Å². The quantitative estimate of drug-likeness (QED) is 0.664. The van der Waals surface area contributed by atoms with E-state index in [2.05, 4.69) is 41.8 Å². The summed E-state index contributed by atoms with van der Waals surface area (Å²) in [6, 6.07) is 3.26. The fourth-order valence-corrected chi connectivity index (χ4v) is 2.86. The topological polar surface area (TPSA) is 37.4 Å². The number of hydrogen-bond donors (Lipinski definition) is 1. The molecule has 1 aromatic heterocycles. The minimum atomic E-state index is -0.996. The van der Waals surface area contributed by atoms with Crippen LogP contribution in [0.3, 0.4) is 0 Å². The molecule has 106 valence electrons. The van der Waals surface area contributed by atoms with Gasteiger partial charge in [-0.2, -0.15) is 0 Å². The van der Waals surface area contributed by atoms with Crippen LogP contribution in [0, 0.1) is 6.92 Å². The number of hydrogen-bond acceptors (Lipinski definition) is 4. The zero-order valence-corrected chi connectivity index (χ0v) is 13.5. The normalized spacial score (nSPS) is 15.1. The summed E-state index contributed by atoms with van der Waals surface area (Å²) in [7, 11) is -0.996. The Bertz CT molecular complexity index is 431. The minimum absolute atomic E-state index is 0.648. The highest BCUT2D eigenvalue weighted by atomic mass is 28.3. The molecule has 0 unspecified atom stereocenters. The van der Waals surface area contributed by atoms with Crippen molar-refractivity contribution >= 4 is 19.6 Å². The lowest BCUT2D eigenvalue weighted by atomic mass is 10.2. The fourth-order valence-electron chi connectivity index (χ4n) is 2.10. The molecule has 0 atom stereocenters. The summed E-state index contributed by atoms with van der Waals surface area (Å²) < 4.78 is 5.84. The predicted octanol–water partition coefficient (Wildman–Crippen LogP) is 2.93. The Labute approximate surface area is 117 Å². The van der Waals surface area contributed by atoms with Crippen molar-refractivity contribution in [3.8, 4) is 0 Å². The Morgan fingerprint density at radius 1 is 1.42 bits per heavy atom. The first-order valence-electron chi connectivity index (χ1n) is 6.99. The van der Waals surface area contributed by atoms with Gasteiger partial charge in [-0.3, -0.25) is 0 Å². The lowest BCUT2D eigenvalue weighted by molar-refractivity contribution is 0.146. The summed E-state index contributed by atoms with van der Waals surface area (Å²) in [6.45, 7) is 12.7. The third-order valence-corrected chi connectivity index (χ3v) is 5.07. The van der Waals surface area contributed by atoms with Crippen LogP contribution in [0.15, 0.2) is 12.3 Å². The first-order valence-corrected chi connectivity index (χ1v) is 10.7. The lowest BCUT2D eigenvalue weighted by Crippen LogP contribution is -2.37.